The van der Waals surface area contributed by atoms with Crippen LogP contribution in [0.2, 0.25) is 0 Å². The van der Waals surface area contributed by atoms with Crippen molar-refractivity contribution < 1.29 is 0 Å². The number of fused-ring (bicyclic) bond motifs is 1. The van der Waals surface area contributed by atoms with Crippen LogP contribution in [0.5, 0.6) is 0 Å². The fraction of sp³-hybridized carbons (Fsp3) is 0.222. The Hall–Kier alpha value is -1.31. The van der Waals surface area contributed by atoms with Crippen molar-refractivity contribution in [3.8, 4) is 0 Å². The van der Waals surface area contributed by atoms with E-state index in [9.17, 15) is 0 Å². The molecule has 0 spiro atoms. The lowest BCUT2D eigenvalue weighted by atomic mass is 10.1. The number of hydrogen-bond donors (Lipinski definition) is 1. The second-order valence-corrected chi connectivity index (χ2v) is 2.63. The van der Waals surface area contributed by atoms with Gasteiger partial charge in [-0.05, 0) is 23.3 Å². The van der Waals surface area contributed by atoms with Gasteiger partial charge >= 0.3 is 0 Å². The highest BCUT2D eigenvalue weighted by Gasteiger charge is 2.04. The third-order valence-corrected chi connectivity index (χ3v) is 1.93. The van der Waals surface area contributed by atoms with Crippen molar-refractivity contribution in [2.75, 3.05) is 12.4 Å². The molecular weight excluding hydrogens is 136 g/mol. The van der Waals surface area contributed by atoms with Gasteiger partial charge in [0.15, 0.2) is 0 Å². The molecule has 0 atom stereocenters. The minimum Gasteiger partial charge on any atom is -0.388 e. The highest BCUT2D eigenvalue weighted by molar-refractivity contribution is 5.85. The molecule has 0 amide bonds. The van der Waals surface area contributed by atoms with Gasteiger partial charge in [0.05, 0.1) is 6.54 Å². The molecule has 2 rings (SSSR count). The van der Waals surface area contributed by atoms with Gasteiger partial charge in [0.2, 0.25) is 0 Å². The quantitative estimate of drug-likeness (QED) is 0.640. The van der Waals surface area contributed by atoms with E-state index in [4.69, 9.17) is 0 Å². The summed E-state index contributed by atoms with van der Waals surface area (Å²) in [5.74, 6) is 0. The molecule has 0 bridgehead atoms. The molecule has 1 N–H and O–H groups in total. The average Bonchev–Trinajstić information content (AvgIpc) is 2.50. The number of rotatable bonds is 1. The zero-order chi connectivity index (χ0) is 7.68. The molecule has 11 heavy (non-hydrogen) atoms. The van der Waals surface area contributed by atoms with Crippen LogP contribution in [-0.4, -0.2) is 13.3 Å². The molecule has 0 unspecified atom stereocenters. The smallest absolute Gasteiger partial charge is 0.0646 e. The molecule has 2 heteroatoms. The number of aliphatic imine (C=N–C) groups is 1. The van der Waals surface area contributed by atoms with Gasteiger partial charge in [0.1, 0.15) is 0 Å². The predicted octanol–water partition coefficient (Wildman–Crippen LogP) is 1.66. The Morgan fingerprint density at radius 2 is 2.36 bits per heavy atom. The lowest BCUT2D eigenvalue weighted by Crippen LogP contribution is -1.90. The van der Waals surface area contributed by atoms with Crippen LogP contribution in [-0.2, 0) is 6.54 Å². The van der Waals surface area contributed by atoms with Gasteiger partial charge in [-0.25, -0.2) is 0 Å². The van der Waals surface area contributed by atoms with Crippen LogP contribution in [0, 0.1) is 0 Å². The zero-order valence-corrected chi connectivity index (χ0v) is 6.46. The van der Waals surface area contributed by atoms with Crippen molar-refractivity contribution >= 4 is 11.9 Å². The highest BCUT2D eigenvalue weighted by atomic mass is 14.8. The van der Waals surface area contributed by atoms with E-state index in [0.717, 1.165) is 12.2 Å². The summed E-state index contributed by atoms with van der Waals surface area (Å²) in [6, 6.07) is 6.31. The predicted molar refractivity (Wildman–Crippen MR) is 47.3 cm³/mol. The van der Waals surface area contributed by atoms with E-state index in [1.165, 1.54) is 11.1 Å². The number of nitrogens with zero attached hydrogens (tertiary/aromatic N) is 1. The molecule has 1 aliphatic rings. The minimum atomic E-state index is 0.847. The van der Waals surface area contributed by atoms with Crippen molar-refractivity contribution in [2.24, 2.45) is 4.99 Å². The second kappa shape index (κ2) is 2.38. The maximum Gasteiger partial charge on any atom is 0.0646 e. The van der Waals surface area contributed by atoms with Crippen LogP contribution in [0.3, 0.4) is 0 Å². The van der Waals surface area contributed by atoms with Crippen molar-refractivity contribution in [2.45, 2.75) is 6.54 Å². The summed E-state index contributed by atoms with van der Waals surface area (Å²) < 4.78 is 0. The van der Waals surface area contributed by atoms with E-state index in [1.54, 1.807) is 0 Å². The highest BCUT2D eigenvalue weighted by Crippen LogP contribution is 2.18. The van der Waals surface area contributed by atoms with Gasteiger partial charge in [-0.1, -0.05) is 6.07 Å². The molecule has 0 aliphatic carbocycles. The fourth-order valence-electron chi connectivity index (χ4n) is 1.26. The van der Waals surface area contributed by atoms with Gasteiger partial charge in [-0.15, -0.1) is 0 Å². The van der Waals surface area contributed by atoms with E-state index in [2.05, 4.69) is 28.5 Å². The summed E-state index contributed by atoms with van der Waals surface area (Å²) in [6.07, 6.45) is 1.93. The minimum absolute atomic E-state index is 0.847. The molecule has 0 saturated heterocycles. The normalized spacial score (nSPS) is 13.2. The number of nitrogens with one attached hydrogen (secondary N) is 1. The molecule has 0 fully saturated rings. The Labute approximate surface area is 66.0 Å². The maximum absolute atomic E-state index is 4.17. The Balaban J connectivity index is 2.47. The standard InChI is InChI=1S/C9H10N2/c1-10-9-3-2-7-5-11-6-8(7)4-9/h2-4,6,10H,5H2,1H3. The third kappa shape index (κ3) is 1.00. The van der Waals surface area contributed by atoms with Crippen LogP contribution >= 0.6 is 0 Å². The topological polar surface area (TPSA) is 24.4 Å². The molecular formula is C9H10N2. The first kappa shape index (κ1) is 6.40. The lowest BCUT2D eigenvalue weighted by Gasteiger charge is -2.01. The SMILES string of the molecule is CNc1ccc2c(c1)C=NC2. The molecule has 0 radical (unpaired) electrons. The van der Waals surface area contributed by atoms with Crippen molar-refractivity contribution in [1.29, 1.82) is 0 Å². The summed E-state index contributed by atoms with van der Waals surface area (Å²) >= 11 is 0. The van der Waals surface area contributed by atoms with E-state index in [1.807, 2.05) is 13.3 Å². The summed E-state index contributed by atoms with van der Waals surface area (Å²) in [5.41, 5.74) is 3.72. The largest absolute Gasteiger partial charge is 0.388 e. The van der Waals surface area contributed by atoms with E-state index in [0.29, 0.717) is 0 Å². The van der Waals surface area contributed by atoms with Gasteiger partial charge in [-0.2, -0.15) is 0 Å². The molecule has 0 saturated carbocycles. The summed E-state index contributed by atoms with van der Waals surface area (Å²) in [4.78, 5) is 4.17. The zero-order valence-electron chi connectivity index (χ0n) is 6.46. The number of hydrogen-bond acceptors (Lipinski definition) is 2. The Kier molecular flexibility index (Phi) is 1.39. The lowest BCUT2D eigenvalue weighted by molar-refractivity contribution is 1.11. The summed E-state index contributed by atoms with van der Waals surface area (Å²) in [7, 11) is 1.92. The third-order valence-electron chi connectivity index (χ3n) is 1.93. The van der Waals surface area contributed by atoms with Gasteiger partial charge < -0.3 is 5.32 Å². The maximum atomic E-state index is 4.17. The first-order chi connectivity index (χ1) is 5.40. The Bertz CT molecular complexity index is 302. The van der Waals surface area contributed by atoms with Gasteiger partial charge in [-0.3, -0.25) is 4.99 Å². The van der Waals surface area contributed by atoms with Gasteiger partial charge in [0.25, 0.3) is 0 Å². The van der Waals surface area contributed by atoms with Crippen LogP contribution < -0.4 is 5.32 Å². The Morgan fingerprint density at radius 1 is 1.45 bits per heavy atom. The monoisotopic (exact) mass is 146 g/mol. The van der Waals surface area contributed by atoms with Crippen LogP contribution in [0.15, 0.2) is 23.2 Å². The van der Waals surface area contributed by atoms with E-state index >= 15 is 0 Å². The van der Waals surface area contributed by atoms with Crippen molar-refractivity contribution in [1.82, 2.24) is 0 Å². The van der Waals surface area contributed by atoms with Crippen molar-refractivity contribution in [3.05, 3.63) is 29.3 Å². The van der Waals surface area contributed by atoms with Crippen LogP contribution in [0.25, 0.3) is 0 Å². The molecule has 0 aromatic heterocycles. The summed E-state index contributed by atoms with van der Waals surface area (Å²) in [5, 5.41) is 3.10. The molecule has 1 aliphatic heterocycles. The second-order valence-electron chi connectivity index (χ2n) is 2.63. The average molecular weight is 146 g/mol. The van der Waals surface area contributed by atoms with E-state index < -0.39 is 0 Å². The van der Waals surface area contributed by atoms with Crippen molar-refractivity contribution in [3.63, 3.8) is 0 Å². The summed E-state index contributed by atoms with van der Waals surface area (Å²) in [6.45, 7) is 0.847. The first-order valence-corrected chi connectivity index (χ1v) is 3.70. The van der Waals surface area contributed by atoms with Crippen LogP contribution in [0.4, 0.5) is 5.69 Å². The Morgan fingerprint density at radius 3 is 3.18 bits per heavy atom. The van der Waals surface area contributed by atoms with Gasteiger partial charge in [0, 0.05) is 18.9 Å². The van der Waals surface area contributed by atoms with E-state index in [-0.39, 0.29) is 0 Å². The first-order valence-electron chi connectivity index (χ1n) is 3.70. The molecule has 2 nitrogen and oxygen atoms in total. The number of benzene rings is 1. The molecule has 1 aromatic carbocycles. The molecule has 1 aromatic rings. The molecule has 56 valence electrons. The molecule has 1 heterocycles. The fourth-order valence-corrected chi connectivity index (χ4v) is 1.26. The number of anilines is 1. The van der Waals surface area contributed by atoms with Crippen LogP contribution in [0.1, 0.15) is 11.1 Å².